The monoisotopic (exact) mass is 303 g/mol. The molecule has 7 heteroatoms. The number of anilines is 1. The predicted octanol–water partition coefficient (Wildman–Crippen LogP) is 0.111. The van der Waals surface area contributed by atoms with Crippen molar-refractivity contribution in [3.05, 3.63) is 31.1 Å². The molecular formula is C15H21N5O2. The lowest BCUT2D eigenvalue weighted by Crippen LogP contribution is -2.44. The van der Waals surface area contributed by atoms with Gasteiger partial charge in [0.2, 0.25) is 5.95 Å². The van der Waals surface area contributed by atoms with Crippen LogP contribution in [0.2, 0.25) is 0 Å². The van der Waals surface area contributed by atoms with Crippen molar-refractivity contribution in [2.45, 2.75) is 12.8 Å². The number of amides is 2. The highest BCUT2D eigenvalue weighted by Gasteiger charge is 2.22. The third-order valence-corrected chi connectivity index (χ3v) is 3.61. The molecule has 1 aromatic rings. The summed E-state index contributed by atoms with van der Waals surface area (Å²) in [4.78, 5) is 33.6. The van der Waals surface area contributed by atoms with E-state index in [9.17, 15) is 9.59 Å². The van der Waals surface area contributed by atoms with E-state index < -0.39 is 11.8 Å². The van der Waals surface area contributed by atoms with Crippen LogP contribution in [-0.4, -0.2) is 48.0 Å². The van der Waals surface area contributed by atoms with Crippen molar-refractivity contribution in [1.82, 2.24) is 20.6 Å². The van der Waals surface area contributed by atoms with Crippen LogP contribution in [0.3, 0.4) is 0 Å². The molecule has 0 radical (unpaired) electrons. The number of aromatic nitrogens is 2. The number of nitrogens with one attached hydrogen (secondary N) is 2. The van der Waals surface area contributed by atoms with E-state index in [1.807, 2.05) is 0 Å². The van der Waals surface area contributed by atoms with E-state index in [4.69, 9.17) is 0 Å². The number of piperidine rings is 1. The van der Waals surface area contributed by atoms with Crippen molar-refractivity contribution in [3.8, 4) is 0 Å². The van der Waals surface area contributed by atoms with Crippen LogP contribution in [0, 0.1) is 5.92 Å². The highest BCUT2D eigenvalue weighted by atomic mass is 16.2. The van der Waals surface area contributed by atoms with Crippen molar-refractivity contribution < 1.29 is 9.59 Å². The predicted molar refractivity (Wildman–Crippen MR) is 83.2 cm³/mol. The first-order valence-electron chi connectivity index (χ1n) is 7.39. The molecule has 2 rings (SSSR count). The Morgan fingerprint density at radius 3 is 2.50 bits per heavy atom. The number of nitrogens with zero attached hydrogens (tertiary/aromatic N) is 3. The summed E-state index contributed by atoms with van der Waals surface area (Å²) in [7, 11) is 0. The van der Waals surface area contributed by atoms with Gasteiger partial charge in [0.15, 0.2) is 0 Å². The first-order valence-corrected chi connectivity index (χ1v) is 7.39. The quantitative estimate of drug-likeness (QED) is 0.595. The molecule has 2 amide bonds. The Morgan fingerprint density at radius 1 is 1.23 bits per heavy atom. The van der Waals surface area contributed by atoms with Gasteiger partial charge in [-0.15, -0.1) is 6.58 Å². The summed E-state index contributed by atoms with van der Waals surface area (Å²) in [5.74, 6) is -0.0874. The molecule has 1 fully saturated rings. The topological polar surface area (TPSA) is 87.2 Å². The summed E-state index contributed by atoms with van der Waals surface area (Å²) >= 11 is 0. The molecule has 0 unspecified atom stereocenters. The van der Waals surface area contributed by atoms with Gasteiger partial charge in [-0.1, -0.05) is 6.08 Å². The van der Waals surface area contributed by atoms with Gasteiger partial charge in [-0.05, 0) is 24.8 Å². The minimum absolute atomic E-state index is 0.293. The highest BCUT2D eigenvalue weighted by molar-refractivity contribution is 6.35. The van der Waals surface area contributed by atoms with Gasteiger partial charge in [0.05, 0.1) is 0 Å². The fourth-order valence-electron chi connectivity index (χ4n) is 2.35. The number of hydrogen-bond acceptors (Lipinski definition) is 5. The second-order valence-corrected chi connectivity index (χ2v) is 5.19. The molecule has 0 spiro atoms. The van der Waals surface area contributed by atoms with Crippen LogP contribution in [-0.2, 0) is 9.59 Å². The van der Waals surface area contributed by atoms with Crippen LogP contribution in [0.15, 0.2) is 31.1 Å². The van der Waals surface area contributed by atoms with E-state index in [0.717, 1.165) is 31.9 Å². The normalized spacial score (nSPS) is 15.2. The van der Waals surface area contributed by atoms with Crippen LogP contribution >= 0.6 is 0 Å². The molecule has 0 saturated carbocycles. The maximum atomic E-state index is 11.6. The summed E-state index contributed by atoms with van der Waals surface area (Å²) < 4.78 is 0. The molecule has 22 heavy (non-hydrogen) atoms. The zero-order valence-corrected chi connectivity index (χ0v) is 12.5. The van der Waals surface area contributed by atoms with Crippen molar-refractivity contribution in [2.24, 2.45) is 5.92 Å². The average molecular weight is 303 g/mol. The summed E-state index contributed by atoms with van der Waals surface area (Å²) in [6.45, 7) is 6.00. The Hall–Kier alpha value is -2.44. The van der Waals surface area contributed by atoms with Gasteiger partial charge in [0.1, 0.15) is 0 Å². The second-order valence-electron chi connectivity index (χ2n) is 5.19. The van der Waals surface area contributed by atoms with Crippen LogP contribution in [0.1, 0.15) is 12.8 Å². The van der Waals surface area contributed by atoms with Crippen molar-refractivity contribution in [3.63, 3.8) is 0 Å². The summed E-state index contributed by atoms with van der Waals surface area (Å²) in [6, 6.07) is 1.79. The molecule has 2 heterocycles. The molecule has 0 aliphatic carbocycles. The zero-order chi connectivity index (χ0) is 15.8. The summed E-state index contributed by atoms with van der Waals surface area (Å²) in [5.41, 5.74) is 0. The lowest BCUT2D eigenvalue weighted by Gasteiger charge is -2.31. The van der Waals surface area contributed by atoms with E-state index in [0.29, 0.717) is 19.0 Å². The third kappa shape index (κ3) is 4.54. The van der Waals surface area contributed by atoms with Gasteiger partial charge in [0, 0.05) is 38.6 Å². The third-order valence-electron chi connectivity index (χ3n) is 3.61. The van der Waals surface area contributed by atoms with Crippen LogP contribution in [0.25, 0.3) is 0 Å². The Balaban J connectivity index is 1.70. The molecular weight excluding hydrogens is 282 g/mol. The number of carbonyl (C=O) groups is 2. The Labute approximate surface area is 129 Å². The van der Waals surface area contributed by atoms with Crippen LogP contribution in [0.4, 0.5) is 5.95 Å². The molecule has 2 N–H and O–H groups in total. The lowest BCUT2D eigenvalue weighted by atomic mass is 9.97. The first-order chi connectivity index (χ1) is 10.7. The fourth-order valence-corrected chi connectivity index (χ4v) is 2.35. The minimum Gasteiger partial charge on any atom is -0.348 e. The van der Waals surface area contributed by atoms with E-state index in [1.165, 1.54) is 6.08 Å². The Morgan fingerprint density at radius 2 is 1.86 bits per heavy atom. The van der Waals surface area contributed by atoms with Gasteiger partial charge in [0.25, 0.3) is 0 Å². The van der Waals surface area contributed by atoms with Crippen molar-refractivity contribution in [2.75, 3.05) is 31.1 Å². The molecule has 7 nitrogen and oxygen atoms in total. The van der Waals surface area contributed by atoms with E-state index in [1.54, 1.807) is 18.5 Å². The van der Waals surface area contributed by atoms with Gasteiger partial charge >= 0.3 is 11.8 Å². The second kappa shape index (κ2) is 8.11. The van der Waals surface area contributed by atoms with Crippen molar-refractivity contribution >= 4 is 17.8 Å². The number of hydrogen-bond donors (Lipinski definition) is 2. The fraction of sp³-hybridized carbons (Fsp3) is 0.467. The maximum absolute atomic E-state index is 11.6. The molecule has 0 bridgehead atoms. The first kappa shape index (κ1) is 15.9. The van der Waals surface area contributed by atoms with E-state index in [2.05, 4.69) is 32.1 Å². The zero-order valence-electron chi connectivity index (χ0n) is 12.5. The SMILES string of the molecule is C=CCNC(=O)C(=O)NCC1CCN(c2ncccn2)CC1. The smallest absolute Gasteiger partial charge is 0.309 e. The van der Waals surface area contributed by atoms with Gasteiger partial charge in [-0.2, -0.15) is 0 Å². The van der Waals surface area contributed by atoms with Crippen LogP contribution < -0.4 is 15.5 Å². The molecule has 1 aromatic heterocycles. The number of rotatable bonds is 5. The Kier molecular flexibility index (Phi) is 5.88. The standard InChI is InChI=1S/C15H21N5O2/c1-2-6-16-13(21)14(22)19-11-12-4-9-20(10-5-12)15-17-7-3-8-18-15/h2-3,7-8,12H,1,4-6,9-11H2,(H,16,21)(H,19,22). The molecule has 1 aliphatic heterocycles. The largest absolute Gasteiger partial charge is 0.348 e. The molecule has 1 aliphatic rings. The average Bonchev–Trinajstić information content (AvgIpc) is 2.58. The minimum atomic E-state index is -0.616. The van der Waals surface area contributed by atoms with Gasteiger partial charge < -0.3 is 15.5 Å². The van der Waals surface area contributed by atoms with Gasteiger partial charge in [-0.3, -0.25) is 9.59 Å². The molecule has 0 aromatic carbocycles. The van der Waals surface area contributed by atoms with E-state index in [-0.39, 0.29) is 0 Å². The summed E-state index contributed by atoms with van der Waals surface area (Å²) in [5, 5.41) is 5.14. The lowest BCUT2D eigenvalue weighted by molar-refractivity contribution is -0.139. The molecule has 118 valence electrons. The number of carbonyl (C=O) groups excluding carboxylic acids is 2. The molecule has 0 atom stereocenters. The maximum Gasteiger partial charge on any atom is 0.309 e. The summed E-state index contributed by atoms with van der Waals surface area (Å²) in [6.07, 6.45) is 6.87. The molecule has 1 saturated heterocycles. The van der Waals surface area contributed by atoms with Crippen molar-refractivity contribution in [1.29, 1.82) is 0 Å². The Bertz CT molecular complexity index is 512. The van der Waals surface area contributed by atoms with Gasteiger partial charge in [-0.25, -0.2) is 9.97 Å². The highest BCUT2D eigenvalue weighted by Crippen LogP contribution is 2.19. The van der Waals surface area contributed by atoms with E-state index >= 15 is 0 Å². The van der Waals surface area contributed by atoms with Crippen LogP contribution in [0.5, 0.6) is 0 Å².